The second-order valence-corrected chi connectivity index (χ2v) is 7.52. The normalized spacial score (nSPS) is 12.4. The fourth-order valence-corrected chi connectivity index (χ4v) is 3.30. The van der Waals surface area contributed by atoms with Crippen LogP contribution >= 0.6 is 0 Å². The number of carbonyl (C=O) groups is 1. The van der Waals surface area contributed by atoms with Gasteiger partial charge in [-0.2, -0.15) is 0 Å². The Kier molecular flexibility index (Phi) is 7.65. The summed E-state index contributed by atoms with van der Waals surface area (Å²) in [6.07, 6.45) is 5.89. The molecule has 0 bridgehead atoms. The molecule has 1 atom stereocenters. The number of aromatic nitrogens is 2. The first-order valence-electron chi connectivity index (χ1n) is 10.7. The number of phenolic OH excluding ortho intramolecular Hbond substituents is 1. The Balaban J connectivity index is 1.86. The molecule has 1 N–H and O–H groups in total. The first-order valence-corrected chi connectivity index (χ1v) is 10.7. The Labute approximate surface area is 182 Å². The summed E-state index contributed by atoms with van der Waals surface area (Å²) in [5.74, 6) is 0.406. The fraction of sp³-hybridized carbons (Fsp3) is 0.375. The zero-order chi connectivity index (χ0) is 22.2. The number of rotatable bonds is 9. The molecular weight excluding hydrogens is 392 g/mol. The van der Waals surface area contributed by atoms with E-state index in [9.17, 15) is 9.90 Å². The number of aromatic hydroxyl groups is 1. The van der Waals surface area contributed by atoms with Gasteiger partial charge in [-0.3, -0.25) is 0 Å². The topological polar surface area (TPSA) is 97.0 Å². The molecule has 0 saturated carbocycles. The number of fused-ring (bicyclic) bond motifs is 1. The van der Waals surface area contributed by atoms with E-state index in [1.54, 1.807) is 37.4 Å². The number of carbonyl (C=O) groups excluding carboxylic acids is 1. The first kappa shape index (κ1) is 22.3. The third-order valence-electron chi connectivity index (χ3n) is 5.25. The lowest BCUT2D eigenvalue weighted by Crippen LogP contribution is -2.15. The monoisotopic (exact) mass is 420 g/mol. The van der Waals surface area contributed by atoms with Crippen LogP contribution < -0.4 is 0 Å². The summed E-state index contributed by atoms with van der Waals surface area (Å²) in [5, 5.41) is 19.1. The maximum Gasteiger partial charge on any atom is 0.340 e. The molecule has 7 heteroatoms. The number of hydrogen-bond donors (Lipinski definition) is 1. The lowest BCUT2D eigenvalue weighted by Gasteiger charge is -2.15. The van der Waals surface area contributed by atoms with Gasteiger partial charge in [0.15, 0.2) is 5.82 Å². The number of esters is 1. The Morgan fingerprint density at radius 2 is 2.03 bits per heavy atom. The molecule has 7 nitrogen and oxygen atoms in total. The van der Waals surface area contributed by atoms with Crippen molar-refractivity contribution in [3.63, 3.8) is 0 Å². The molecule has 162 valence electrons. The highest BCUT2D eigenvalue weighted by Gasteiger charge is 2.18. The van der Waals surface area contributed by atoms with Gasteiger partial charge in [-0.05, 0) is 49.6 Å². The van der Waals surface area contributed by atoms with E-state index in [4.69, 9.17) is 4.74 Å². The highest BCUT2D eigenvalue weighted by atomic mass is 16.5. The van der Waals surface area contributed by atoms with Gasteiger partial charge in [-0.1, -0.05) is 39.2 Å². The van der Waals surface area contributed by atoms with Gasteiger partial charge in [0.05, 0.1) is 17.9 Å². The van der Waals surface area contributed by atoms with Crippen molar-refractivity contribution in [1.82, 2.24) is 9.97 Å². The van der Waals surface area contributed by atoms with Gasteiger partial charge in [0.1, 0.15) is 17.0 Å². The summed E-state index contributed by atoms with van der Waals surface area (Å²) in [7, 11) is 0. The highest BCUT2D eigenvalue weighted by Crippen LogP contribution is 2.33. The van der Waals surface area contributed by atoms with Crippen molar-refractivity contribution in [3.8, 4) is 5.75 Å². The zero-order valence-electron chi connectivity index (χ0n) is 18.2. The number of benzene rings is 1. The predicted molar refractivity (Wildman–Crippen MR) is 120 cm³/mol. The van der Waals surface area contributed by atoms with Crippen molar-refractivity contribution in [2.24, 2.45) is 16.1 Å². The van der Waals surface area contributed by atoms with Crippen LogP contribution in [0.4, 0.5) is 11.5 Å². The number of hydrogen-bond acceptors (Lipinski definition) is 7. The van der Waals surface area contributed by atoms with Crippen LogP contribution in [0.15, 0.2) is 52.8 Å². The van der Waals surface area contributed by atoms with Crippen molar-refractivity contribution in [2.45, 2.75) is 46.5 Å². The van der Waals surface area contributed by atoms with Crippen LogP contribution in [-0.4, -0.2) is 27.7 Å². The van der Waals surface area contributed by atoms with Crippen LogP contribution in [0, 0.1) is 12.8 Å². The van der Waals surface area contributed by atoms with E-state index in [1.165, 1.54) is 6.07 Å². The van der Waals surface area contributed by atoms with Crippen molar-refractivity contribution in [1.29, 1.82) is 0 Å². The second kappa shape index (κ2) is 10.6. The molecule has 0 saturated heterocycles. The summed E-state index contributed by atoms with van der Waals surface area (Å²) in [4.78, 5) is 21.4. The van der Waals surface area contributed by atoms with Gasteiger partial charge in [-0.25, -0.2) is 14.8 Å². The number of nitrogens with zero attached hydrogens (tertiary/aromatic N) is 4. The average molecular weight is 421 g/mol. The standard InChI is InChI=1S/C24H28N4O3/c1-4-6-9-17(5-2)15-31-24(30)18-14-19-21(29)12-11-20(23(19)26-16(18)3)27-28-22-10-7-8-13-25-22/h7-8,10-14,17,29H,4-6,9,15H2,1-3H3/b28-27+. The summed E-state index contributed by atoms with van der Waals surface area (Å²) < 4.78 is 5.57. The number of unbranched alkanes of at least 4 members (excludes halogenated alkanes) is 1. The fourth-order valence-electron chi connectivity index (χ4n) is 3.30. The van der Waals surface area contributed by atoms with Crippen molar-refractivity contribution < 1.29 is 14.6 Å². The van der Waals surface area contributed by atoms with Gasteiger partial charge < -0.3 is 9.84 Å². The molecule has 0 aliphatic heterocycles. The molecule has 31 heavy (non-hydrogen) atoms. The smallest absolute Gasteiger partial charge is 0.340 e. The predicted octanol–water partition coefficient (Wildman–Crippen LogP) is 6.43. The minimum absolute atomic E-state index is 0.0164. The van der Waals surface area contributed by atoms with Crippen LogP contribution in [0.1, 0.15) is 55.6 Å². The number of aryl methyl sites for hydroxylation is 1. The molecule has 3 aromatic rings. The van der Waals surface area contributed by atoms with Gasteiger partial charge in [0.2, 0.25) is 0 Å². The van der Waals surface area contributed by atoms with Crippen molar-refractivity contribution in [2.75, 3.05) is 6.61 Å². The molecule has 3 rings (SSSR count). The van der Waals surface area contributed by atoms with E-state index >= 15 is 0 Å². The van der Waals surface area contributed by atoms with Gasteiger partial charge in [0.25, 0.3) is 0 Å². The third-order valence-corrected chi connectivity index (χ3v) is 5.25. The van der Waals surface area contributed by atoms with Crippen LogP contribution in [-0.2, 0) is 4.74 Å². The lowest BCUT2D eigenvalue weighted by molar-refractivity contribution is 0.0427. The number of phenols is 1. The average Bonchev–Trinajstić information content (AvgIpc) is 2.79. The number of ether oxygens (including phenoxy) is 1. The van der Waals surface area contributed by atoms with Crippen molar-refractivity contribution >= 4 is 28.4 Å². The second-order valence-electron chi connectivity index (χ2n) is 7.52. The van der Waals surface area contributed by atoms with E-state index in [0.29, 0.717) is 46.2 Å². The molecule has 1 aromatic carbocycles. The van der Waals surface area contributed by atoms with E-state index in [1.807, 2.05) is 6.07 Å². The zero-order valence-corrected chi connectivity index (χ0v) is 18.2. The molecule has 0 spiro atoms. The van der Waals surface area contributed by atoms with Crippen molar-refractivity contribution in [3.05, 3.63) is 53.9 Å². The van der Waals surface area contributed by atoms with Crippen LogP contribution in [0.5, 0.6) is 5.75 Å². The molecule has 0 radical (unpaired) electrons. The van der Waals surface area contributed by atoms with Crippen LogP contribution in [0.25, 0.3) is 10.9 Å². The largest absolute Gasteiger partial charge is 0.507 e. The minimum Gasteiger partial charge on any atom is -0.507 e. The molecule has 0 amide bonds. The van der Waals surface area contributed by atoms with Crippen LogP contribution in [0.2, 0.25) is 0 Å². The number of pyridine rings is 2. The Morgan fingerprint density at radius 3 is 2.74 bits per heavy atom. The Hall–Kier alpha value is -3.35. The quantitative estimate of drug-likeness (QED) is 0.318. The molecule has 0 aliphatic carbocycles. The van der Waals surface area contributed by atoms with E-state index in [-0.39, 0.29) is 5.75 Å². The van der Waals surface area contributed by atoms with Gasteiger partial charge >= 0.3 is 5.97 Å². The first-order chi connectivity index (χ1) is 15.0. The number of azo groups is 1. The summed E-state index contributed by atoms with van der Waals surface area (Å²) in [6, 6.07) is 10.1. The van der Waals surface area contributed by atoms with Crippen LogP contribution in [0.3, 0.4) is 0 Å². The summed E-state index contributed by atoms with van der Waals surface area (Å²) in [6.45, 7) is 6.39. The van der Waals surface area contributed by atoms with Gasteiger partial charge in [0, 0.05) is 11.6 Å². The Bertz CT molecular complexity index is 1070. The highest BCUT2D eigenvalue weighted by molar-refractivity contribution is 6.00. The molecule has 1 unspecified atom stereocenters. The molecule has 2 heterocycles. The molecule has 2 aromatic heterocycles. The van der Waals surface area contributed by atoms with E-state index < -0.39 is 5.97 Å². The van der Waals surface area contributed by atoms with E-state index in [2.05, 4.69) is 34.0 Å². The van der Waals surface area contributed by atoms with E-state index in [0.717, 1.165) is 25.7 Å². The SMILES string of the molecule is CCCCC(CC)COC(=O)c1cc2c(O)ccc(/N=N/c3ccccn3)c2nc1C. The molecular formula is C24H28N4O3. The Morgan fingerprint density at radius 1 is 1.19 bits per heavy atom. The molecule has 0 fully saturated rings. The minimum atomic E-state index is -0.429. The summed E-state index contributed by atoms with van der Waals surface area (Å²) in [5.41, 5.74) is 1.79. The van der Waals surface area contributed by atoms with Gasteiger partial charge in [-0.15, -0.1) is 10.2 Å². The maximum absolute atomic E-state index is 12.7. The summed E-state index contributed by atoms with van der Waals surface area (Å²) >= 11 is 0. The third kappa shape index (κ3) is 5.63. The lowest BCUT2D eigenvalue weighted by atomic mass is 10.0. The molecule has 0 aliphatic rings. The maximum atomic E-state index is 12.7.